The van der Waals surface area contributed by atoms with E-state index in [4.69, 9.17) is 0 Å². The van der Waals surface area contributed by atoms with Crippen LogP contribution in [0.3, 0.4) is 0 Å². The van der Waals surface area contributed by atoms with Gasteiger partial charge in [-0.3, -0.25) is 9.59 Å². The molecule has 28 heavy (non-hydrogen) atoms. The summed E-state index contributed by atoms with van der Waals surface area (Å²) in [6, 6.07) is 13.6. The summed E-state index contributed by atoms with van der Waals surface area (Å²) in [5, 5.41) is 2.79. The normalized spacial score (nSPS) is 14.3. The smallest absolute Gasteiger partial charge is 0.251 e. The quantitative estimate of drug-likeness (QED) is 0.737. The molecule has 0 atom stereocenters. The SMILES string of the molecule is CNS(=O)(=O)c1cccc(C(=O)NCc2ccc(CN3CCCC3=O)cc2)c1. The zero-order valence-corrected chi connectivity index (χ0v) is 16.5. The molecule has 1 aliphatic rings. The zero-order valence-electron chi connectivity index (χ0n) is 15.6. The minimum Gasteiger partial charge on any atom is -0.348 e. The number of amides is 2. The highest BCUT2D eigenvalue weighted by atomic mass is 32.2. The van der Waals surface area contributed by atoms with Crippen LogP contribution >= 0.6 is 0 Å². The molecule has 2 amide bonds. The van der Waals surface area contributed by atoms with Crippen LogP contribution in [0.25, 0.3) is 0 Å². The molecule has 1 aliphatic heterocycles. The monoisotopic (exact) mass is 401 g/mol. The van der Waals surface area contributed by atoms with Crippen LogP contribution in [-0.2, 0) is 27.9 Å². The molecule has 0 spiro atoms. The Morgan fingerprint density at radius 2 is 1.82 bits per heavy atom. The number of likely N-dealkylation sites (tertiary alicyclic amines) is 1. The molecule has 0 saturated carbocycles. The molecule has 0 radical (unpaired) electrons. The summed E-state index contributed by atoms with van der Waals surface area (Å²) in [5.41, 5.74) is 2.25. The van der Waals surface area contributed by atoms with Crippen LogP contribution in [0.2, 0.25) is 0 Å². The van der Waals surface area contributed by atoms with Crippen LogP contribution in [0.1, 0.15) is 34.3 Å². The first-order valence-corrected chi connectivity index (χ1v) is 10.5. The molecule has 0 aliphatic carbocycles. The van der Waals surface area contributed by atoms with E-state index in [1.54, 1.807) is 6.07 Å². The Hall–Kier alpha value is -2.71. The van der Waals surface area contributed by atoms with Crippen molar-refractivity contribution in [2.45, 2.75) is 30.8 Å². The summed E-state index contributed by atoms with van der Waals surface area (Å²) < 4.78 is 26.0. The second-order valence-electron chi connectivity index (χ2n) is 6.65. The van der Waals surface area contributed by atoms with E-state index in [2.05, 4.69) is 10.0 Å². The Morgan fingerprint density at radius 3 is 2.46 bits per heavy atom. The van der Waals surface area contributed by atoms with Crippen molar-refractivity contribution in [3.05, 3.63) is 65.2 Å². The van der Waals surface area contributed by atoms with E-state index in [-0.39, 0.29) is 22.3 Å². The molecule has 0 aromatic heterocycles. The molecule has 3 rings (SSSR count). The number of sulfonamides is 1. The third-order valence-corrected chi connectivity index (χ3v) is 6.11. The van der Waals surface area contributed by atoms with Crippen LogP contribution in [0.4, 0.5) is 0 Å². The molecule has 0 unspecified atom stereocenters. The van der Waals surface area contributed by atoms with E-state index in [0.29, 0.717) is 19.5 Å². The summed E-state index contributed by atoms with van der Waals surface area (Å²) in [7, 11) is -2.27. The highest BCUT2D eigenvalue weighted by Crippen LogP contribution is 2.15. The van der Waals surface area contributed by atoms with Crippen LogP contribution in [-0.4, -0.2) is 38.7 Å². The lowest BCUT2D eigenvalue weighted by atomic mass is 10.1. The van der Waals surface area contributed by atoms with Crippen LogP contribution < -0.4 is 10.0 Å². The average molecular weight is 401 g/mol. The van der Waals surface area contributed by atoms with Crippen LogP contribution in [0.15, 0.2) is 53.4 Å². The summed E-state index contributed by atoms with van der Waals surface area (Å²) in [4.78, 5) is 25.9. The first-order valence-electron chi connectivity index (χ1n) is 9.06. The third-order valence-electron chi connectivity index (χ3n) is 4.70. The van der Waals surface area contributed by atoms with Gasteiger partial charge in [0.1, 0.15) is 0 Å². The van der Waals surface area contributed by atoms with E-state index in [0.717, 1.165) is 24.1 Å². The molecule has 2 aromatic rings. The first-order chi connectivity index (χ1) is 13.4. The minimum absolute atomic E-state index is 0.0449. The van der Waals surface area contributed by atoms with E-state index in [1.165, 1.54) is 25.2 Å². The summed E-state index contributed by atoms with van der Waals surface area (Å²) >= 11 is 0. The fourth-order valence-corrected chi connectivity index (χ4v) is 3.84. The fraction of sp³-hybridized carbons (Fsp3) is 0.300. The van der Waals surface area contributed by atoms with Gasteiger partial charge < -0.3 is 10.2 Å². The van der Waals surface area contributed by atoms with Crippen LogP contribution in [0.5, 0.6) is 0 Å². The van der Waals surface area contributed by atoms with Gasteiger partial charge in [-0.25, -0.2) is 13.1 Å². The molecule has 1 saturated heterocycles. The lowest BCUT2D eigenvalue weighted by molar-refractivity contribution is -0.128. The standard InChI is InChI=1S/C20H23N3O4S/c1-21-28(26,27)18-5-2-4-17(12-18)20(25)22-13-15-7-9-16(10-8-15)14-23-11-3-6-19(23)24/h2,4-5,7-10,12,21H,3,6,11,13-14H2,1H3,(H,22,25). The maximum absolute atomic E-state index is 12.3. The summed E-state index contributed by atoms with van der Waals surface area (Å²) in [6.07, 6.45) is 1.54. The van der Waals surface area contributed by atoms with Crippen molar-refractivity contribution in [1.82, 2.24) is 14.9 Å². The van der Waals surface area contributed by atoms with Crippen molar-refractivity contribution in [3.63, 3.8) is 0 Å². The first kappa shape index (κ1) is 20.0. The number of hydrogen-bond acceptors (Lipinski definition) is 4. The highest BCUT2D eigenvalue weighted by molar-refractivity contribution is 7.89. The lowest BCUT2D eigenvalue weighted by Crippen LogP contribution is -2.24. The van der Waals surface area contributed by atoms with Gasteiger partial charge in [-0.2, -0.15) is 0 Å². The van der Waals surface area contributed by atoms with Crippen molar-refractivity contribution >= 4 is 21.8 Å². The zero-order chi connectivity index (χ0) is 20.1. The van der Waals surface area contributed by atoms with E-state index in [9.17, 15) is 18.0 Å². The van der Waals surface area contributed by atoms with Crippen molar-refractivity contribution in [1.29, 1.82) is 0 Å². The van der Waals surface area contributed by atoms with Crippen LogP contribution in [0, 0.1) is 0 Å². The number of hydrogen-bond donors (Lipinski definition) is 2. The molecular weight excluding hydrogens is 378 g/mol. The lowest BCUT2D eigenvalue weighted by Gasteiger charge is -2.15. The Labute approximate surface area is 164 Å². The number of rotatable bonds is 7. The van der Waals surface area contributed by atoms with Gasteiger partial charge >= 0.3 is 0 Å². The summed E-state index contributed by atoms with van der Waals surface area (Å²) in [6.45, 7) is 1.74. The molecule has 7 nitrogen and oxygen atoms in total. The molecule has 2 N–H and O–H groups in total. The Kier molecular flexibility index (Phi) is 6.11. The predicted molar refractivity (Wildman–Crippen MR) is 105 cm³/mol. The highest BCUT2D eigenvalue weighted by Gasteiger charge is 2.19. The van der Waals surface area contributed by atoms with Crippen molar-refractivity contribution in [2.75, 3.05) is 13.6 Å². The average Bonchev–Trinajstić information content (AvgIpc) is 3.11. The van der Waals surface area contributed by atoms with Gasteiger partial charge in [0, 0.05) is 31.6 Å². The Morgan fingerprint density at radius 1 is 1.11 bits per heavy atom. The molecule has 148 valence electrons. The third kappa shape index (κ3) is 4.76. The van der Waals surface area contributed by atoms with Crippen molar-refractivity contribution < 1.29 is 18.0 Å². The number of carbonyl (C=O) groups excluding carboxylic acids is 2. The second kappa shape index (κ2) is 8.53. The molecule has 1 fully saturated rings. The topological polar surface area (TPSA) is 95.6 Å². The summed E-state index contributed by atoms with van der Waals surface area (Å²) in [5.74, 6) is -0.154. The van der Waals surface area contributed by atoms with E-state index >= 15 is 0 Å². The predicted octanol–water partition coefficient (Wildman–Crippen LogP) is 1.65. The number of nitrogens with zero attached hydrogens (tertiary/aromatic N) is 1. The van der Waals surface area contributed by atoms with Gasteiger partial charge in [0.2, 0.25) is 15.9 Å². The van der Waals surface area contributed by atoms with E-state index < -0.39 is 10.0 Å². The molecule has 8 heteroatoms. The fourth-order valence-electron chi connectivity index (χ4n) is 3.06. The van der Waals surface area contributed by atoms with Gasteiger partial charge in [-0.05, 0) is 42.8 Å². The molecular formula is C20H23N3O4S. The number of benzene rings is 2. The Bertz CT molecular complexity index is 971. The maximum Gasteiger partial charge on any atom is 0.251 e. The van der Waals surface area contributed by atoms with Crippen molar-refractivity contribution in [3.8, 4) is 0 Å². The van der Waals surface area contributed by atoms with Gasteiger partial charge in [0.05, 0.1) is 4.90 Å². The van der Waals surface area contributed by atoms with Gasteiger partial charge in [0.15, 0.2) is 0 Å². The molecule has 2 aromatic carbocycles. The Balaban J connectivity index is 1.59. The van der Waals surface area contributed by atoms with E-state index in [1.807, 2.05) is 29.2 Å². The number of nitrogens with one attached hydrogen (secondary N) is 2. The largest absolute Gasteiger partial charge is 0.348 e. The number of carbonyl (C=O) groups is 2. The van der Waals surface area contributed by atoms with Gasteiger partial charge in [0.25, 0.3) is 5.91 Å². The molecule has 0 bridgehead atoms. The maximum atomic E-state index is 12.3. The van der Waals surface area contributed by atoms with Gasteiger partial charge in [-0.15, -0.1) is 0 Å². The second-order valence-corrected chi connectivity index (χ2v) is 8.54. The van der Waals surface area contributed by atoms with Gasteiger partial charge in [-0.1, -0.05) is 30.3 Å². The minimum atomic E-state index is -3.60. The van der Waals surface area contributed by atoms with Crippen molar-refractivity contribution in [2.24, 2.45) is 0 Å². The molecule has 1 heterocycles.